The van der Waals surface area contributed by atoms with Gasteiger partial charge in [-0.2, -0.15) is 0 Å². The van der Waals surface area contributed by atoms with Gasteiger partial charge in [-0.25, -0.2) is 0 Å². The van der Waals surface area contributed by atoms with Crippen molar-refractivity contribution in [3.63, 3.8) is 0 Å². The van der Waals surface area contributed by atoms with Gasteiger partial charge in [0.25, 0.3) is 0 Å². The Bertz CT molecular complexity index is 108. The van der Waals surface area contributed by atoms with Crippen molar-refractivity contribution < 1.29 is 5.11 Å². The molecular weight excluding hydrogens is 160 g/mol. The highest BCUT2D eigenvalue weighted by Gasteiger charge is 2.09. The summed E-state index contributed by atoms with van der Waals surface area (Å²) in [5.74, 6) is 2.06. The molecule has 1 N–H and O–H groups in total. The number of hydrogen-bond acceptors (Lipinski definition) is 1. The molecule has 0 aromatic carbocycles. The van der Waals surface area contributed by atoms with E-state index in [9.17, 15) is 0 Å². The van der Waals surface area contributed by atoms with Crippen LogP contribution in [-0.2, 0) is 0 Å². The second-order valence-corrected chi connectivity index (χ2v) is 5.00. The van der Waals surface area contributed by atoms with Crippen molar-refractivity contribution >= 4 is 0 Å². The lowest BCUT2D eigenvalue weighted by Gasteiger charge is -2.16. The predicted octanol–water partition coefficient (Wildman–Crippen LogP) is 3.47. The molecule has 80 valence electrons. The maximum atomic E-state index is 9.14. The Morgan fingerprint density at radius 3 is 1.92 bits per heavy atom. The third kappa shape index (κ3) is 8.29. The van der Waals surface area contributed by atoms with Gasteiger partial charge < -0.3 is 5.11 Å². The molecule has 0 saturated heterocycles. The van der Waals surface area contributed by atoms with Crippen LogP contribution >= 0.6 is 0 Å². The lowest BCUT2D eigenvalue weighted by atomic mass is 9.92. The molecule has 0 aromatic rings. The first-order valence-electron chi connectivity index (χ1n) is 5.67. The van der Waals surface area contributed by atoms with E-state index in [1.54, 1.807) is 0 Å². The lowest BCUT2D eigenvalue weighted by Crippen LogP contribution is -2.09. The molecule has 0 radical (unpaired) electrons. The van der Waals surface area contributed by atoms with Crippen molar-refractivity contribution in [3.8, 4) is 0 Å². The Balaban J connectivity index is 3.48. The van der Waals surface area contributed by atoms with Crippen LogP contribution in [0, 0.1) is 17.8 Å². The molecule has 13 heavy (non-hydrogen) atoms. The van der Waals surface area contributed by atoms with Crippen LogP contribution in [0.1, 0.15) is 53.4 Å². The van der Waals surface area contributed by atoms with Crippen LogP contribution in [0.2, 0.25) is 0 Å². The Hall–Kier alpha value is -0.0400. The highest BCUT2D eigenvalue weighted by molar-refractivity contribution is 4.61. The zero-order valence-corrected chi connectivity index (χ0v) is 9.71. The average Bonchev–Trinajstić information content (AvgIpc) is 2.01. The molecule has 1 unspecified atom stereocenters. The highest BCUT2D eigenvalue weighted by atomic mass is 16.3. The fourth-order valence-corrected chi connectivity index (χ4v) is 1.77. The Kier molecular flexibility index (Phi) is 7.35. The van der Waals surface area contributed by atoms with Crippen LogP contribution in [0.5, 0.6) is 0 Å². The molecule has 1 atom stereocenters. The SMILES string of the molecule is CC(C)CCCC(CO)CC(C)C. The fourth-order valence-electron chi connectivity index (χ4n) is 1.77. The minimum atomic E-state index is 0.371. The van der Waals surface area contributed by atoms with Gasteiger partial charge in [-0.1, -0.05) is 40.5 Å². The molecular formula is C12H26O. The first-order chi connectivity index (χ1) is 6.06. The third-order valence-electron chi connectivity index (χ3n) is 2.46. The number of aliphatic hydroxyl groups is 1. The molecule has 0 heterocycles. The van der Waals surface area contributed by atoms with Gasteiger partial charge >= 0.3 is 0 Å². The van der Waals surface area contributed by atoms with Gasteiger partial charge in [0.15, 0.2) is 0 Å². The summed E-state index contributed by atoms with van der Waals surface area (Å²) >= 11 is 0. The predicted molar refractivity (Wildman–Crippen MR) is 58.7 cm³/mol. The molecule has 0 rings (SSSR count). The zero-order chi connectivity index (χ0) is 10.3. The first-order valence-corrected chi connectivity index (χ1v) is 5.67. The van der Waals surface area contributed by atoms with Crippen molar-refractivity contribution in [1.29, 1.82) is 0 Å². The molecule has 0 aliphatic rings. The second-order valence-electron chi connectivity index (χ2n) is 5.00. The molecule has 0 bridgehead atoms. The summed E-state index contributed by atoms with van der Waals surface area (Å²) in [5, 5.41) is 9.14. The van der Waals surface area contributed by atoms with Crippen molar-refractivity contribution in [1.82, 2.24) is 0 Å². The monoisotopic (exact) mass is 186 g/mol. The molecule has 0 aliphatic carbocycles. The summed E-state index contributed by atoms with van der Waals surface area (Å²) < 4.78 is 0. The van der Waals surface area contributed by atoms with Crippen LogP contribution in [0.3, 0.4) is 0 Å². The van der Waals surface area contributed by atoms with Gasteiger partial charge in [-0.05, 0) is 30.6 Å². The molecule has 0 fully saturated rings. The van der Waals surface area contributed by atoms with Gasteiger partial charge in [0.2, 0.25) is 0 Å². The van der Waals surface area contributed by atoms with Crippen molar-refractivity contribution in [2.75, 3.05) is 6.61 Å². The Morgan fingerprint density at radius 1 is 0.923 bits per heavy atom. The largest absolute Gasteiger partial charge is 0.396 e. The quantitative estimate of drug-likeness (QED) is 0.645. The lowest BCUT2D eigenvalue weighted by molar-refractivity contribution is 0.193. The van der Waals surface area contributed by atoms with Gasteiger partial charge in [0.05, 0.1) is 0 Å². The number of rotatable bonds is 7. The normalized spacial score (nSPS) is 14.1. The molecule has 1 nitrogen and oxygen atoms in total. The summed E-state index contributed by atoms with van der Waals surface area (Å²) in [4.78, 5) is 0. The topological polar surface area (TPSA) is 20.2 Å². The minimum absolute atomic E-state index is 0.371. The van der Waals surface area contributed by atoms with E-state index in [0.717, 1.165) is 11.8 Å². The van der Waals surface area contributed by atoms with E-state index < -0.39 is 0 Å². The second kappa shape index (κ2) is 7.37. The van der Waals surface area contributed by atoms with Gasteiger partial charge in [0, 0.05) is 6.61 Å². The maximum absolute atomic E-state index is 9.14. The molecule has 0 amide bonds. The Morgan fingerprint density at radius 2 is 1.54 bits per heavy atom. The molecule has 1 heteroatoms. The van der Waals surface area contributed by atoms with Crippen LogP contribution in [0.15, 0.2) is 0 Å². The van der Waals surface area contributed by atoms with E-state index >= 15 is 0 Å². The molecule has 0 aliphatic heterocycles. The average molecular weight is 186 g/mol. The Labute approximate surface area is 83.5 Å². The summed E-state index contributed by atoms with van der Waals surface area (Å²) in [6, 6.07) is 0. The van der Waals surface area contributed by atoms with E-state index in [2.05, 4.69) is 27.7 Å². The van der Waals surface area contributed by atoms with Crippen molar-refractivity contribution in [3.05, 3.63) is 0 Å². The van der Waals surface area contributed by atoms with E-state index in [1.165, 1.54) is 25.7 Å². The van der Waals surface area contributed by atoms with E-state index in [-0.39, 0.29) is 0 Å². The van der Waals surface area contributed by atoms with Gasteiger partial charge in [-0.3, -0.25) is 0 Å². The molecule has 0 saturated carbocycles. The summed E-state index contributed by atoms with van der Waals surface area (Å²) in [7, 11) is 0. The smallest absolute Gasteiger partial charge is 0.0459 e. The summed E-state index contributed by atoms with van der Waals surface area (Å²) in [6.45, 7) is 9.35. The van der Waals surface area contributed by atoms with E-state index in [4.69, 9.17) is 5.11 Å². The first kappa shape index (κ1) is 13.0. The van der Waals surface area contributed by atoms with Gasteiger partial charge in [0.1, 0.15) is 0 Å². The number of hydrogen-bond donors (Lipinski definition) is 1. The zero-order valence-electron chi connectivity index (χ0n) is 9.71. The molecule has 0 spiro atoms. The standard InChI is InChI=1S/C12H26O/c1-10(2)6-5-7-12(9-13)8-11(3)4/h10-13H,5-9H2,1-4H3. The van der Waals surface area contributed by atoms with Crippen molar-refractivity contribution in [2.45, 2.75) is 53.4 Å². The summed E-state index contributed by atoms with van der Waals surface area (Å²) in [5.41, 5.74) is 0. The third-order valence-corrected chi connectivity index (χ3v) is 2.46. The van der Waals surface area contributed by atoms with Gasteiger partial charge in [-0.15, -0.1) is 0 Å². The van der Waals surface area contributed by atoms with Crippen molar-refractivity contribution in [2.24, 2.45) is 17.8 Å². The molecule has 0 aromatic heterocycles. The van der Waals surface area contributed by atoms with Crippen LogP contribution in [-0.4, -0.2) is 11.7 Å². The van der Waals surface area contributed by atoms with E-state index in [0.29, 0.717) is 12.5 Å². The number of aliphatic hydroxyl groups excluding tert-OH is 1. The van der Waals surface area contributed by atoms with Crippen LogP contribution in [0.4, 0.5) is 0 Å². The summed E-state index contributed by atoms with van der Waals surface area (Å²) in [6.07, 6.45) is 4.95. The maximum Gasteiger partial charge on any atom is 0.0459 e. The van der Waals surface area contributed by atoms with Crippen LogP contribution in [0.25, 0.3) is 0 Å². The minimum Gasteiger partial charge on any atom is -0.396 e. The van der Waals surface area contributed by atoms with Crippen LogP contribution < -0.4 is 0 Å². The van der Waals surface area contributed by atoms with E-state index in [1.807, 2.05) is 0 Å². The fraction of sp³-hybridized carbons (Fsp3) is 1.00. The highest BCUT2D eigenvalue weighted by Crippen LogP contribution is 2.19.